The van der Waals surface area contributed by atoms with Gasteiger partial charge in [0.05, 0.1) is 20.8 Å². The number of carbonyl (C=O) groups is 1. The molecular formula is C20H28N4O3. The molecule has 1 amide bonds. The summed E-state index contributed by atoms with van der Waals surface area (Å²) < 4.78 is 12.7. The molecule has 0 atom stereocenters. The number of aromatic nitrogens is 2. The van der Waals surface area contributed by atoms with E-state index in [1.807, 2.05) is 18.3 Å². The van der Waals surface area contributed by atoms with Crippen LogP contribution in [0.25, 0.3) is 0 Å². The maximum atomic E-state index is 12.6. The van der Waals surface area contributed by atoms with E-state index in [0.717, 1.165) is 43.3 Å². The molecule has 0 saturated carbocycles. The summed E-state index contributed by atoms with van der Waals surface area (Å²) >= 11 is 0. The number of fused-ring (bicyclic) bond motifs is 1. The van der Waals surface area contributed by atoms with Gasteiger partial charge in [-0.05, 0) is 18.1 Å². The fourth-order valence-electron chi connectivity index (χ4n) is 3.35. The molecule has 0 unspecified atom stereocenters. The van der Waals surface area contributed by atoms with E-state index in [0.29, 0.717) is 23.9 Å². The van der Waals surface area contributed by atoms with Crippen LogP contribution in [0.4, 0.5) is 0 Å². The van der Waals surface area contributed by atoms with Crippen molar-refractivity contribution in [3.63, 3.8) is 0 Å². The van der Waals surface area contributed by atoms with Crippen LogP contribution in [0.3, 0.4) is 0 Å². The second kappa shape index (κ2) is 8.43. The van der Waals surface area contributed by atoms with Crippen molar-refractivity contribution >= 4 is 5.91 Å². The van der Waals surface area contributed by atoms with Gasteiger partial charge in [0.2, 0.25) is 0 Å². The van der Waals surface area contributed by atoms with Gasteiger partial charge >= 0.3 is 0 Å². The SMILES string of the molecule is COc1ccc(CNC(=O)c2cn3c(n2)CN(CC(C)C)CC3)c(OC)c1. The summed E-state index contributed by atoms with van der Waals surface area (Å²) in [5.74, 6) is 2.80. The first-order chi connectivity index (χ1) is 13.0. The summed E-state index contributed by atoms with van der Waals surface area (Å²) in [5.41, 5.74) is 1.35. The van der Waals surface area contributed by atoms with Gasteiger partial charge in [-0.15, -0.1) is 0 Å². The summed E-state index contributed by atoms with van der Waals surface area (Å²) in [6.07, 6.45) is 1.85. The van der Waals surface area contributed by atoms with Crippen molar-refractivity contribution in [1.82, 2.24) is 19.8 Å². The quantitative estimate of drug-likeness (QED) is 0.808. The van der Waals surface area contributed by atoms with Crippen molar-refractivity contribution in [3.8, 4) is 11.5 Å². The fraction of sp³-hybridized carbons (Fsp3) is 0.500. The number of carbonyl (C=O) groups excluding carboxylic acids is 1. The minimum Gasteiger partial charge on any atom is -0.497 e. The zero-order chi connectivity index (χ0) is 19.4. The van der Waals surface area contributed by atoms with Crippen molar-refractivity contribution in [2.75, 3.05) is 27.3 Å². The number of amides is 1. The predicted octanol–water partition coefficient (Wildman–Crippen LogP) is 2.30. The van der Waals surface area contributed by atoms with Gasteiger partial charge < -0.3 is 19.4 Å². The molecule has 2 heterocycles. The van der Waals surface area contributed by atoms with E-state index in [1.165, 1.54) is 0 Å². The van der Waals surface area contributed by atoms with Crippen LogP contribution in [0.5, 0.6) is 11.5 Å². The number of imidazole rings is 1. The van der Waals surface area contributed by atoms with Crippen LogP contribution in [0.1, 0.15) is 35.7 Å². The van der Waals surface area contributed by atoms with Crippen LogP contribution >= 0.6 is 0 Å². The molecule has 146 valence electrons. The van der Waals surface area contributed by atoms with Crippen molar-refractivity contribution in [3.05, 3.63) is 41.5 Å². The molecule has 7 nitrogen and oxygen atoms in total. The van der Waals surface area contributed by atoms with Gasteiger partial charge in [-0.25, -0.2) is 4.98 Å². The van der Waals surface area contributed by atoms with Crippen LogP contribution in [0.2, 0.25) is 0 Å². The highest BCUT2D eigenvalue weighted by Gasteiger charge is 2.21. The third kappa shape index (κ3) is 4.60. The van der Waals surface area contributed by atoms with Gasteiger partial charge in [-0.1, -0.05) is 13.8 Å². The molecule has 1 N–H and O–H groups in total. The standard InChI is InChI=1S/C20H28N4O3/c1-14(2)11-23-7-8-24-12-17(22-19(24)13-23)20(25)21-10-15-5-6-16(26-3)9-18(15)27-4/h5-6,9,12,14H,7-8,10-11,13H2,1-4H3,(H,21,25). The number of rotatable bonds is 7. The summed E-state index contributed by atoms with van der Waals surface area (Å²) in [7, 11) is 3.21. The van der Waals surface area contributed by atoms with E-state index in [1.54, 1.807) is 20.3 Å². The Morgan fingerprint density at radius 3 is 2.78 bits per heavy atom. The van der Waals surface area contributed by atoms with E-state index in [2.05, 4.69) is 33.6 Å². The Kier molecular flexibility index (Phi) is 6.01. The van der Waals surface area contributed by atoms with Gasteiger partial charge in [-0.2, -0.15) is 0 Å². The Morgan fingerprint density at radius 1 is 1.26 bits per heavy atom. The number of hydrogen-bond acceptors (Lipinski definition) is 5. The number of benzene rings is 1. The van der Waals surface area contributed by atoms with Crippen molar-refractivity contribution in [1.29, 1.82) is 0 Å². The van der Waals surface area contributed by atoms with Crippen molar-refractivity contribution < 1.29 is 14.3 Å². The van der Waals surface area contributed by atoms with Gasteiger partial charge in [0, 0.05) is 44.0 Å². The monoisotopic (exact) mass is 372 g/mol. The van der Waals surface area contributed by atoms with Gasteiger partial charge in [0.25, 0.3) is 5.91 Å². The van der Waals surface area contributed by atoms with Crippen LogP contribution in [-0.4, -0.2) is 47.7 Å². The Bertz CT molecular complexity index is 801. The third-order valence-electron chi connectivity index (χ3n) is 4.67. The highest BCUT2D eigenvalue weighted by atomic mass is 16.5. The zero-order valence-corrected chi connectivity index (χ0v) is 16.5. The maximum absolute atomic E-state index is 12.6. The average Bonchev–Trinajstić information content (AvgIpc) is 3.08. The topological polar surface area (TPSA) is 68.6 Å². The summed E-state index contributed by atoms with van der Waals surface area (Å²) in [6, 6.07) is 5.54. The lowest BCUT2D eigenvalue weighted by atomic mass is 10.2. The fourth-order valence-corrected chi connectivity index (χ4v) is 3.35. The predicted molar refractivity (Wildman–Crippen MR) is 103 cm³/mol. The van der Waals surface area contributed by atoms with E-state index in [4.69, 9.17) is 9.47 Å². The highest BCUT2D eigenvalue weighted by Crippen LogP contribution is 2.24. The molecule has 2 aromatic rings. The minimum atomic E-state index is -0.176. The Balaban J connectivity index is 1.64. The Morgan fingerprint density at radius 2 is 2.07 bits per heavy atom. The first-order valence-electron chi connectivity index (χ1n) is 9.27. The largest absolute Gasteiger partial charge is 0.497 e. The molecule has 7 heteroatoms. The van der Waals surface area contributed by atoms with Crippen molar-refractivity contribution in [2.24, 2.45) is 5.92 Å². The lowest BCUT2D eigenvalue weighted by Crippen LogP contribution is -2.35. The second-order valence-corrected chi connectivity index (χ2v) is 7.23. The molecule has 3 rings (SSSR count). The summed E-state index contributed by atoms with van der Waals surface area (Å²) in [5, 5.41) is 2.93. The number of methoxy groups -OCH3 is 2. The van der Waals surface area contributed by atoms with Crippen LogP contribution in [0, 0.1) is 5.92 Å². The molecule has 1 aliphatic rings. The van der Waals surface area contributed by atoms with Crippen molar-refractivity contribution in [2.45, 2.75) is 33.5 Å². The highest BCUT2D eigenvalue weighted by molar-refractivity contribution is 5.92. The van der Waals surface area contributed by atoms with E-state index < -0.39 is 0 Å². The van der Waals surface area contributed by atoms with Gasteiger partial charge in [0.15, 0.2) is 0 Å². The Hall–Kier alpha value is -2.54. The Labute approximate surface area is 160 Å². The van der Waals surface area contributed by atoms with E-state index in [-0.39, 0.29) is 5.91 Å². The number of nitrogens with one attached hydrogen (secondary N) is 1. The number of ether oxygens (including phenoxy) is 2. The van der Waals surface area contributed by atoms with Crippen LogP contribution in [0.15, 0.2) is 24.4 Å². The summed E-state index contributed by atoms with van der Waals surface area (Å²) in [6.45, 7) is 8.50. The van der Waals surface area contributed by atoms with E-state index >= 15 is 0 Å². The molecule has 1 aromatic heterocycles. The van der Waals surface area contributed by atoms with Gasteiger partial charge in [-0.3, -0.25) is 9.69 Å². The normalized spacial score (nSPS) is 14.1. The molecule has 1 aromatic carbocycles. The molecule has 0 spiro atoms. The number of hydrogen-bond donors (Lipinski definition) is 1. The molecule has 0 bridgehead atoms. The van der Waals surface area contributed by atoms with Crippen LogP contribution < -0.4 is 14.8 Å². The molecule has 1 aliphatic heterocycles. The third-order valence-corrected chi connectivity index (χ3v) is 4.67. The maximum Gasteiger partial charge on any atom is 0.271 e. The smallest absolute Gasteiger partial charge is 0.271 e. The van der Waals surface area contributed by atoms with Crippen LogP contribution in [-0.2, 0) is 19.6 Å². The second-order valence-electron chi connectivity index (χ2n) is 7.23. The molecule has 27 heavy (non-hydrogen) atoms. The number of nitrogens with zero attached hydrogens (tertiary/aromatic N) is 3. The minimum absolute atomic E-state index is 0.176. The van der Waals surface area contributed by atoms with E-state index in [9.17, 15) is 4.79 Å². The first-order valence-corrected chi connectivity index (χ1v) is 9.27. The lowest BCUT2D eigenvalue weighted by Gasteiger charge is -2.28. The molecule has 0 aliphatic carbocycles. The first kappa shape index (κ1) is 19.2. The molecule has 0 saturated heterocycles. The average molecular weight is 372 g/mol. The zero-order valence-electron chi connectivity index (χ0n) is 16.5. The molecule has 0 radical (unpaired) electrons. The summed E-state index contributed by atoms with van der Waals surface area (Å²) in [4.78, 5) is 19.5. The van der Waals surface area contributed by atoms with Gasteiger partial charge in [0.1, 0.15) is 23.0 Å². The lowest BCUT2D eigenvalue weighted by molar-refractivity contribution is 0.0946. The molecular weight excluding hydrogens is 344 g/mol. The molecule has 0 fully saturated rings.